The van der Waals surface area contributed by atoms with E-state index in [-0.39, 0.29) is 12.0 Å². The molecule has 1 saturated heterocycles. The van der Waals surface area contributed by atoms with Gasteiger partial charge in [-0.15, -0.1) is 0 Å². The molecule has 242 valence electrons. The number of hydrogen-bond donors (Lipinski definition) is 2. The quantitative estimate of drug-likeness (QED) is 0.186. The van der Waals surface area contributed by atoms with Crippen molar-refractivity contribution in [3.8, 4) is 16.9 Å². The Morgan fingerprint density at radius 1 is 0.851 bits per heavy atom. The molecule has 0 spiro atoms. The zero-order chi connectivity index (χ0) is 33.1. The van der Waals surface area contributed by atoms with E-state index in [9.17, 15) is 9.59 Å². The van der Waals surface area contributed by atoms with Gasteiger partial charge in [-0.2, -0.15) is 0 Å². The molecule has 0 radical (unpaired) electrons. The van der Waals surface area contributed by atoms with Crippen LogP contribution in [0.3, 0.4) is 0 Å². The number of aromatic nitrogens is 1. The van der Waals surface area contributed by atoms with E-state index in [4.69, 9.17) is 21.1 Å². The number of piperazine rings is 1. The number of para-hydroxylation sites is 1. The number of anilines is 1. The third kappa shape index (κ3) is 7.39. The molecule has 2 N–H and O–H groups in total. The highest BCUT2D eigenvalue weighted by molar-refractivity contribution is 6.30. The zero-order valence-electron chi connectivity index (χ0n) is 27.0. The molecule has 1 aliphatic heterocycles. The van der Waals surface area contributed by atoms with E-state index in [2.05, 4.69) is 39.5 Å². The molecular formula is C38H39ClN4O4. The van der Waals surface area contributed by atoms with Crippen molar-refractivity contribution in [1.29, 1.82) is 0 Å². The molecule has 6 rings (SSSR count). The molecule has 0 aliphatic carbocycles. The summed E-state index contributed by atoms with van der Waals surface area (Å²) >= 11 is 6.42. The van der Waals surface area contributed by atoms with Gasteiger partial charge in [0.1, 0.15) is 11.4 Å². The molecule has 0 unspecified atom stereocenters. The van der Waals surface area contributed by atoms with Gasteiger partial charge in [0.15, 0.2) is 0 Å². The van der Waals surface area contributed by atoms with Crippen LogP contribution in [0.5, 0.6) is 5.75 Å². The third-order valence-electron chi connectivity index (χ3n) is 8.26. The second-order valence-electron chi connectivity index (χ2n) is 12.7. The Balaban J connectivity index is 1.19. The number of H-pyrrole nitrogens is 1. The lowest BCUT2D eigenvalue weighted by Gasteiger charge is -2.36. The van der Waals surface area contributed by atoms with Crippen molar-refractivity contribution in [3.05, 3.63) is 119 Å². The van der Waals surface area contributed by atoms with Crippen molar-refractivity contribution in [2.75, 3.05) is 38.2 Å². The number of fused-ring (bicyclic) bond motifs is 1. The van der Waals surface area contributed by atoms with Gasteiger partial charge in [-0.25, -0.2) is 4.79 Å². The Morgan fingerprint density at radius 3 is 2.30 bits per heavy atom. The van der Waals surface area contributed by atoms with Gasteiger partial charge in [-0.1, -0.05) is 54.1 Å². The first-order valence-electron chi connectivity index (χ1n) is 15.7. The molecule has 4 aromatic carbocycles. The largest absolute Gasteiger partial charge is 0.496 e. The number of ether oxygens (including phenoxy) is 2. The molecule has 0 saturated carbocycles. The highest BCUT2D eigenvalue weighted by Crippen LogP contribution is 2.34. The summed E-state index contributed by atoms with van der Waals surface area (Å²) in [5.74, 6) is 0.399. The number of carbonyl (C=O) groups is 2. The Bertz CT molecular complexity index is 1860. The van der Waals surface area contributed by atoms with E-state index in [1.54, 1.807) is 18.1 Å². The lowest BCUT2D eigenvalue weighted by atomic mass is 10.00. The lowest BCUT2D eigenvalue weighted by Crippen LogP contribution is -2.50. The molecule has 1 atom stereocenters. The van der Waals surface area contributed by atoms with Gasteiger partial charge in [-0.3, -0.25) is 4.79 Å². The zero-order valence-corrected chi connectivity index (χ0v) is 27.8. The van der Waals surface area contributed by atoms with Crippen molar-refractivity contribution in [1.82, 2.24) is 15.2 Å². The summed E-state index contributed by atoms with van der Waals surface area (Å²) in [6, 6.07) is 30.8. The minimum absolute atomic E-state index is 0.225. The Morgan fingerprint density at radius 2 is 1.60 bits per heavy atom. The van der Waals surface area contributed by atoms with Crippen molar-refractivity contribution in [3.63, 3.8) is 0 Å². The molecule has 1 aromatic heterocycles. The predicted molar refractivity (Wildman–Crippen MR) is 188 cm³/mol. The second kappa shape index (κ2) is 13.4. The number of halogens is 1. The van der Waals surface area contributed by atoms with Crippen LogP contribution in [0.1, 0.15) is 48.4 Å². The summed E-state index contributed by atoms with van der Waals surface area (Å²) in [7, 11) is 1.61. The highest BCUT2D eigenvalue weighted by atomic mass is 35.5. The van der Waals surface area contributed by atoms with Crippen LogP contribution >= 0.6 is 11.6 Å². The fourth-order valence-electron chi connectivity index (χ4n) is 5.90. The molecule has 1 fully saturated rings. The van der Waals surface area contributed by atoms with E-state index in [0.29, 0.717) is 29.4 Å². The predicted octanol–water partition coefficient (Wildman–Crippen LogP) is 8.07. The van der Waals surface area contributed by atoms with Gasteiger partial charge >= 0.3 is 6.09 Å². The highest BCUT2D eigenvalue weighted by Gasteiger charge is 2.27. The van der Waals surface area contributed by atoms with Gasteiger partial charge in [0, 0.05) is 59.2 Å². The topological polar surface area (TPSA) is 86.9 Å². The van der Waals surface area contributed by atoms with E-state index in [1.807, 2.05) is 87.5 Å². The second-order valence-corrected chi connectivity index (χ2v) is 13.1. The third-order valence-corrected chi connectivity index (χ3v) is 8.50. The van der Waals surface area contributed by atoms with Crippen molar-refractivity contribution < 1.29 is 19.1 Å². The fraction of sp³-hybridized carbons (Fsp3) is 0.263. The van der Waals surface area contributed by atoms with Crippen LogP contribution in [0.15, 0.2) is 97.1 Å². The van der Waals surface area contributed by atoms with Crippen LogP contribution < -0.4 is 15.0 Å². The number of amides is 2. The monoisotopic (exact) mass is 650 g/mol. The van der Waals surface area contributed by atoms with E-state index in [0.717, 1.165) is 52.1 Å². The maximum absolute atomic E-state index is 13.9. The molecule has 2 heterocycles. The van der Waals surface area contributed by atoms with Gasteiger partial charge in [0.25, 0.3) is 5.91 Å². The summed E-state index contributed by atoms with van der Waals surface area (Å²) in [5, 5.41) is 4.82. The van der Waals surface area contributed by atoms with Gasteiger partial charge in [0.05, 0.1) is 13.2 Å². The average molecular weight is 651 g/mol. The number of hydrogen-bond acceptors (Lipinski definition) is 5. The number of aromatic amines is 1. The molecule has 0 bridgehead atoms. The molecule has 1 aliphatic rings. The van der Waals surface area contributed by atoms with Crippen LogP contribution in [-0.4, -0.2) is 60.8 Å². The summed E-state index contributed by atoms with van der Waals surface area (Å²) < 4.78 is 11.2. The fourth-order valence-corrected chi connectivity index (χ4v) is 6.08. The first-order chi connectivity index (χ1) is 22.6. The minimum atomic E-state index is -0.540. The summed E-state index contributed by atoms with van der Waals surface area (Å²) in [5.41, 5.74) is 5.58. The maximum atomic E-state index is 13.9. The number of rotatable bonds is 7. The smallest absolute Gasteiger partial charge is 0.410 e. The van der Waals surface area contributed by atoms with Crippen LogP contribution in [0.25, 0.3) is 22.0 Å². The number of carbonyl (C=O) groups excluding carboxylic acids is 2. The Hall–Kier alpha value is -4.95. The van der Waals surface area contributed by atoms with E-state index >= 15 is 0 Å². The first-order valence-corrected chi connectivity index (χ1v) is 16.1. The lowest BCUT2D eigenvalue weighted by molar-refractivity contribution is 0.0240. The Kier molecular flexibility index (Phi) is 9.14. The summed E-state index contributed by atoms with van der Waals surface area (Å²) in [6.07, 6.45) is -0.268. The minimum Gasteiger partial charge on any atom is -0.496 e. The number of nitrogens with zero attached hydrogens (tertiary/aromatic N) is 2. The van der Waals surface area contributed by atoms with Crippen molar-refractivity contribution >= 4 is 40.2 Å². The molecular weight excluding hydrogens is 612 g/mol. The maximum Gasteiger partial charge on any atom is 0.410 e. The number of benzene rings is 4. The summed E-state index contributed by atoms with van der Waals surface area (Å²) in [4.78, 5) is 33.8. The van der Waals surface area contributed by atoms with Crippen LogP contribution in [0, 0.1) is 0 Å². The van der Waals surface area contributed by atoms with E-state index < -0.39 is 11.6 Å². The Labute approximate surface area is 280 Å². The van der Waals surface area contributed by atoms with Crippen molar-refractivity contribution in [2.45, 2.75) is 32.4 Å². The number of methoxy groups -OCH3 is 1. The molecule has 5 aromatic rings. The summed E-state index contributed by atoms with van der Waals surface area (Å²) in [6.45, 7) is 8.30. The van der Waals surface area contributed by atoms with Gasteiger partial charge < -0.3 is 29.6 Å². The standard InChI is InChI=1S/C38H39ClN4O4/c1-38(2,3)47-37(45)43-20-18-42(19-21-43)30-15-12-25(13-16-30)26-9-7-10-28(22-26)36(44)41-35(31-24-29(39)14-17-34(31)46-4)33-23-27-8-5-6-11-32(27)40-33/h5-17,22-24,35,40H,18-21H2,1-4H3,(H,41,44)/t35-/m1/s1. The van der Waals surface area contributed by atoms with Crippen LogP contribution in [0.2, 0.25) is 5.02 Å². The molecule has 9 heteroatoms. The molecule has 47 heavy (non-hydrogen) atoms. The SMILES string of the molecule is COc1ccc(Cl)cc1[C@@H](NC(=O)c1cccc(-c2ccc(N3CCN(C(=O)OC(C)(C)C)CC3)cc2)c1)c1cc2ccccc2[nH]1. The van der Waals surface area contributed by atoms with E-state index in [1.165, 1.54) is 0 Å². The molecule has 2 amide bonds. The van der Waals surface area contributed by atoms with Gasteiger partial charge in [-0.05, 0) is 91.9 Å². The number of nitrogens with one attached hydrogen (secondary N) is 2. The normalized spacial score (nSPS) is 14.1. The van der Waals surface area contributed by atoms with Gasteiger partial charge in [0.2, 0.25) is 0 Å². The first kappa shape index (κ1) is 32.0. The molecule has 8 nitrogen and oxygen atoms in total. The average Bonchev–Trinajstić information content (AvgIpc) is 3.51. The van der Waals surface area contributed by atoms with Crippen LogP contribution in [-0.2, 0) is 4.74 Å². The van der Waals surface area contributed by atoms with Crippen molar-refractivity contribution in [2.24, 2.45) is 0 Å². The van der Waals surface area contributed by atoms with Crippen LogP contribution in [0.4, 0.5) is 10.5 Å².